The van der Waals surface area contributed by atoms with Crippen molar-refractivity contribution in [1.82, 2.24) is 0 Å². The molecule has 0 saturated heterocycles. The Bertz CT molecular complexity index is 1500. The summed E-state index contributed by atoms with van der Waals surface area (Å²) < 4.78 is 6.20. The molecule has 3 unspecified atom stereocenters. The van der Waals surface area contributed by atoms with E-state index in [0.29, 0.717) is 33.7 Å². The minimum absolute atomic E-state index is 0.0167. The molecule has 9 atom stereocenters. The third kappa shape index (κ3) is 4.89. The van der Waals surface area contributed by atoms with Gasteiger partial charge in [0.2, 0.25) is 5.96 Å². The largest absolute Gasteiger partial charge is 0.460 e. The van der Waals surface area contributed by atoms with Gasteiger partial charge >= 0.3 is 5.97 Å². The Morgan fingerprint density at radius 2 is 1.72 bits per heavy atom. The molecule has 0 aromatic heterocycles. The van der Waals surface area contributed by atoms with E-state index in [9.17, 15) is 4.79 Å². The zero-order valence-electron chi connectivity index (χ0n) is 28.9. The van der Waals surface area contributed by atoms with Crippen LogP contribution in [0.2, 0.25) is 10.0 Å². The Morgan fingerprint density at radius 3 is 2.41 bits per heavy atom. The second kappa shape index (κ2) is 11.5. The number of hydrogen-bond donors (Lipinski definition) is 2. The third-order valence-corrected chi connectivity index (χ3v) is 15.4. The number of carbonyl (C=O) groups excluding carboxylic acids is 1. The molecule has 6 nitrogen and oxygen atoms in total. The van der Waals surface area contributed by atoms with E-state index >= 15 is 0 Å². The van der Waals surface area contributed by atoms with Crippen LogP contribution in [0.3, 0.4) is 0 Å². The number of nitrogens with two attached hydrogens (primary N) is 2. The van der Waals surface area contributed by atoms with Crippen molar-refractivity contribution in [3.05, 3.63) is 45.5 Å². The lowest BCUT2D eigenvalue weighted by atomic mass is 9.33. The van der Waals surface area contributed by atoms with E-state index in [1.54, 1.807) is 17.7 Å². The fourth-order valence-corrected chi connectivity index (χ4v) is 12.3. The highest BCUT2D eigenvalue weighted by molar-refractivity contribution is 6.35. The average molecular weight is 670 g/mol. The number of guanidine groups is 1. The van der Waals surface area contributed by atoms with Gasteiger partial charge in [-0.25, -0.2) is 0 Å². The molecule has 6 rings (SSSR count). The fourth-order valence-electron chi connectivity index (χ4n) is 11.9. The SMILES string of the molecule is C[C@@H]1CC[C@]2(C(=O)OCc3ccc(Cl)cc3Cl)CC[C@]3(C)C(=CCC4[C@@]5(C)CC/C(=N\N=C(N)N)C(C)(C)C5CC[C@]43C)C2[C@H]1C. The van der Waals surface area contributed by atoms with Crippen molar-refractivity contribution >= 4 is 40.8 Å². The molecule has 4 saturated carbocycles. The van der Waals surface area contributed by atoms with Gasteiger partial charge in [0.05, 0.1) is 5.41 Å². The Labute approximate surface area is 286 Å². The molecule has 8 heteroatoms. The molecular formula is C38H54Cl2N4O2. The lowest BCUT2D eigenvalue weighted by molar-refractivity contribution is -0.185. The van der Waals surface area contributed by atoms with Gasteiger partial charge in [-0.15, -0.1) is 5.10 Å². The Hall–Kier alpha value is -2.05. The van der Waals surface area contributed by atoms with Gasteiger partial charge in [-0.2, -0.15) is 5.10 Å². The van der Waals surface area contributed by atoms with Crippen molar-refractivity contribution in [2.24, 2.45) is 78.3 Å². The van der Waals surface area contributed by atoms with Crippen molar-refractivity contribution < 1.29 is 9.53 Å². The van der Waals surface area contributed by atoms with Crippen molar-refractivity contribution in [1.29, 1.82) is 0 Å². The summed E-state index contributed by atoms with van der Waals surface area (Å²) in [4.78, 5) is 14.4. The molecule has 5 aliphatic rings. The minimum Gasteiger partial charge on any atom is -0.460 e. The smallest absolute Gasteiger partial charge is 0.313 e. The number of rotatable bonds is 4. The first-order valence-corrected chi connectivity index (χ1v) is 18.2. The van der Waals surface area contributed by atoms with E-state index in [2.05, 4.69) is 64.7 Å². The summed E-state index contributed by atoms with van der Waals surface area (Å²) in [6.45, 7) is 17.4. The molecule has 5 aliphatic carbocycles. The topological polar surface area (TPSA) is 103 Å². The number of fused-ring (bicyclic) bond motifs is 7. The number of benzene rings is 1. The highest BCUT2D eigenvalue weighted by Crippen LogP contribution is 2.75. The molecule has 4 fully saturated rings. The highest BCUT2D eigenvalue weighted by Gasteiger charge is 2.69. The number of carbonyl (C=O) groups is 1. The number of hydrogen-bond acceptors (Lipinski definition) is 4. The fraction of sp³-hybridized carbons (Fsp3) is 0.711. The van der Waals surface area contributed by atoms with Crippen molar-refractivity contribution in [3.8, 4) is 0 Å². The Kier molecular flexibility index (Phi) is 8.48. The molecule has 0 aliphatic heterocycles. The van der Waals surface area contributed by atoms with E-state index in [1.807, 2.05) is 6.07 Å². The molecule has 252 valence electrons. The zero-order valence-corrected chi connectivity index (χ0v) is 30.4. The van der Waals surface area contributed by atoms with Crippen LogP contribution >= 0.6 is 23.2 Å². The van der Waals surface area contributed by atoms with Crippen molar-refractivity contribution in [2.75, 3.05) is 0 Å². The molecular weight excluding hydrogens is 615 g/mol. The summed E-state index contributed by atoms with van der Waals surface area (Å²) >= 11 is 12.6. The third-order valence-electron chi connectivity index (χ3n) is 14.8. The number of allylic oxidation sites excluding steroid dienone is 2. The normalized spacial score (nSPS) is 42.1. The number of halogens is 2. The van der Waals surface area contributed by atoms with Gasteiger partial charge < -0.3 is 16.2 Å². The van der Waals surface area contributed by atoms with Crippen LogP contribution in [0.5, 0.6) is 0 Å². The van der Waals surface area contributed by atoms with Gasteiger partial charge in [0.1, 0.15) is 6.61 Å². The van der Waals surface area contributed by atoms with Crippen LogP contribution in [-0.4, -0.2) is 17.6 Å². The molecule has 0 heterocycles. The molecule has 0 bridgehead atoms. The molecule has 0 radical (unpaired) electrons. The number of esters is 1. The molecule has 0 spiro atoms. The monoisotopic (exact) mass is 668 g/mol. The maximum absolute atomic E-state index is 14.4. The quantitative estimate of drug-likeness (QED) is 0.110. The zero-order chi connectivity index (χ0) is 33.4. The van der Waals surface area contributed by atoms with Crippen molar-refractivity contribution in [2.45, 2.75) is 113 Å². The second-order valence-corrected chi connectivity index (χ2v) is 17.8. The van der Waals surface area contributed by atoms with Gasteiger partial charge in [-0.05, 0) is 116 Å². The van der Waals surface area contributed by atoms with Crippen LogP contribution in [0.25, 0.3) is 0 Å². The number of nitrogens with zero attached hydrogens (tertiary/aromatic N) is 2. The van der Waals surface area contributed by atoms with Gasteiger partial charge in [-0.3, -0.25) is 4.79 Å². The maximum Gasteiger partial charge on any atom is 0.313 e. The standard InChI is InChI=1S/C38H54Cl2N4O2/c1-22-12-17-38(32(45)46-21-24-8-9-25(39)20-27(24)40)19-18-36(6)26(31(38)23(22)2)10-11-29-35(5)15-14-30(43-44-33(41)42)34(3,4)28(35)13-16-37(29,36)7/h8-10,20,22-23,28-29,31H,11-19,21H2,1-7H3,(H4,41,42,44)/b43-30+/t22-,23+,28?,29?,31?,35+,36-,37-,38+/m1/s1. The lowest BCUT2D eigenvalue weighted by Crippen LogP contribution is -2.65. The van der Waals surface area contributed by atoms with Crippen LogP contribution in [0.4, 0.5) is 0 Å². The first-order chi connectivity index (χ1) is 21.5. The summed E-state index contributed by atoms with van der Waals surface area (Å²) in [6, 6.07) is 5.38. The first kappa shape index (κ1) is 33.8. The Morgan fingerprint density at radius 1 is 0.978 bits per heavy atom. The van der Waals surface area contributed by atoms with Gasteiger partial charge in [0, 0.05) is 26.7 Å². The average Bonchev–Trinajstić information content (AvgIpc) is 2.98. The second-order valence-electron chi connectivity index (χ2n) is 16.9. The summed E-state index contributed by atoms with van der Waals surface area (Å²) in [6.07, 6.45) is 11.9. The van der Waals surface area contributed by atoms with Crippen LogP contribution in [0.15, 0.2) is 40.1 Å². The van der Waals surface area contributed by atoms with Crippen LogP contribution < -0.4 is 11.5 Å². The maximum atomic E-state index is 14.4. The van der Waals surface area contributed by atoms with Crippen LogP contribution in [0.1, 0.15) is 112 Å². The van der Waals surface area contributed by atoms with E-state index in [4.69, 9.17) is 39.4 Å². The van der Waals surface area contributed by atoms with E-state index in [1.165, 1.54) is 6.42 Å². The molecule has 1 aromatic rings. The molecule has 1 aromatic carbocycles. The van der Waals surface area contributed by atoms with Gasteiger partial charge in [-0.1, -0.05) is 89.4 Å². The lowest BCUT2D eigenvalue weighted by Gasteiger charge is -2.71. The van der Waals surface area contributed by atoms with E-state index in [0.717, 1.165) is 62.6 Å². The van der Waals surface area contributed by atoms with Gasteiger partial charge in [0.15, 0.2) is 0 Å². The summed E-state index contributed by atoms with van der Waals surface area (Å²) in [5, 5.41) is 9.76. The number of ether oxygens (including phenoxy) is 1. The first-order valence-electron chi connectivity index (χ1n) is 17.5. The predicted molar refractivity (Wildman–Crippen MR) is 188 cm³/mol. The molecule has 0 amide bonds. The minimum atomic E-state index is -0.496. The molecule has 46 heavy (non-hydrogen) atoms. The van der Waals surface area contributed by atoms with Crippen LogP contribution in [0, 0.1) is 56.7 Å². The predicted octanol–water partition coefficient (Wildman–Crippen LogP) is 9.32. The van der Waals surface area contributed by atoms with Crippen molar-refractivity contribution in [3.63, 3.8) is 0 Å². The van der Waals surface area contributed by atoms with E-state index in [-0.39, 0.29) is 46.1 Å². The summed E-state index contributed by atoms with van der Waals surface area (Å²) in [5.41, 5.74) is 14.6. The van der Waals surface area contributed by atoms with Gasteiger partial charge in [0.25, 0.3) is 0 Å². The van der Waals surface area contributed by atoms with E-state index < -0.39 is 5.41 Å². The molecule has 4 N–H and O–H groups in total. The summed E-state index contributed by atoms with van der Waals surface area (Å²) in [7, 11) is 0. The highest BCUT2D eigenvalue weighted by atomic mass is 35.5. The Balaban J connectivity index is 1.35. The van der Waals surface area contributed by atoms with Crippen LogP contribution in [-0.2, 0) is 16.1 Å². The summed E-state index contributed by atoms with van der Waals surface area (Å²) in [5.74, 6) is 2.18.